The minimum absolute atomic E-state index is 0.121. The number of hydrogen-bond acceptors (Lipinski definition) is 3. The van der Waals surface area contributed by atoms with Gasteiger partial charge in [-0.2, -0.15) is 0 Å². The molecule has 2 rings (SSSR count). The predicted molar refractivity (Wildman–Crippen MR) is 82.5 cm³/mol. The summed E-state index contributed by atoms with van der Waals surface area (Å²) >= 11 is 17.5. The van der Waals surface area contributed by atoms with Crippen molar-refractivity contribution in [1.82, 2.24) is 0 Å². The van der Waals surface area contributed by atoms with Gasteiger partial charge in [0.05, 0.1) is 15.6 Å². The third-order valence-corrected chi connectivity index (χ3v) is 3.45. The van der Waals surface area contributed by atoms with Crippen molar-refractivity contribution in [3.63, 3.8) is 0 Å². The molecule has 108 valence electrons. The second-order valence-corrected chi connectivity index (χ2v) is 5.25. The molecule has 21 heavy (non-hydrogen) atoms. The summed E-state index contributed by atoms with van der Waals surface area (Å²) < 4.78 is 0. The average Bonchev–Trinajstić information content (AvgIpc) is 2.42. The van der Waals surface area contributed by atoms with Crippen molar-refractivity contribution < 1.29 is 9.72 Å². The number of anilines is 1. The standard InChI is InChI=1S/C13H7Cl3N2O3/c14-8-2-3-9(15)11(6-8)17-13(19)7-1-4-12(18(20)21)10(16)5-7/h1-6H,(H,17,19). The lowest BCUT2D eigenvalue weighted by atomic mass is 10.2. The van der Waals surface area contributed by atoms with Crippen LogP contribution in [0.15, 0.2) is 36.4 Å². The van der Waals surface area contributed by atoms with Gasteiger partial charge in [-0.05, 0) is 30.3 Å². The molecule has 2 aromatic rings. The lowest BCUT2D eigenvalue weighted by Crippen LogP contribution is -2.12. The fourth-order valence-electron chi connectivity index (χ4n) is 1.58. The summed E-state index contributed by atoms with van der Waals surface area (Å²) in [6.07, 6.45) is 0. The zero-order valence-corrected chi connectivity index (χ0v) is 12.5. The summed E-state index contributed by atoms with van der Waals surface area (Å²) in [5.74, 6) is -0.504. The maximum atomic E-state index is 12.1. The van der Waals surface area contributed by atoms with Gasteiger partial charge in [-0.15, -0.1) is 0 Å². The van der Waals surface area contributed by atoms with Crippen LogP contribution in [0.25, 0.3) is 0 Å². The number of carbonyl (C=O) groups is 1. The number of nitrogens with one attached hydrogen (secondary N) is 1. The summed E-state index contributed by atoms with van der Waals surface area (Å²) in [4.78, 5) is 22.1. The highest BCUT2D eigenvalue weighted by Gasteiger charge is 2.16. The van der Waals surface area contributed by atoms with E-state index in [-0.39, 0.29) is 16.3 Å². The molecule has 0 radical (unpaired) electrons. The van der Waals surface area contributed by atoms with Crippen LogP contribution in [0.1, 0.15) is 10.4 Å². The number of hydrogen-bond donors (Lipinski definition) is 1. The van der Waals surface area contributed by atoms with Crippen LogP contribution in [0.5, 0.6) is 0 Å². The Labute approximate surface area is 134 Å². The van der Waals surface area contributed by atoms with Gasteiger partial charge in [-0.1, -0.05) is 34.8 Å². The first-order valence-electron chi connectivity index (χ1n) is 5.59. The molecule has 0 aliphatic heterocycles. The van der Waals surface area contributed by atoms with Crippen LogP contribution in [0.3, 0.4) is 0 Å². The highest BCUT2D eigenvalue weighted by atomic mass is 35.5. The molecule has 0 saturated carbocycles. The van der Waals surface area contributed by atoms with Crippen molar-refractivity contribution in [3.05, 3.63) is 67.1 Å². The zero-order chi connectivity index (χ0) is 15.6. The quantitative estimate of drug-likeness (QED) is 0.641. The summed E-state index contributed by atoms with van der Waals surface area (Å²) in [5, 5.41) is 13.8. The van der Waals surface area contributed by atoms with Crippen molar-refractivity contribution in [3.8, 4) is 0 Å². The zero-order valence-electron chi connectivity index (χ0n) is 10.3. The average molecular weight is 346 g/mol. The molecule has 0 fully saturated rings. The molecule has 1 N–H and O–H groups in total. The highest BCUT2D eigenvalue weighted by Crippen LogP contribution is 2.28. The maximum absolute atomic E-state index is 12.1. The molecule has 0 aliphatic rings. The summed E-state index contributed by atoms with van der Waals surface area (Å²) in [5.41, 5.74) is 0.235. The normalized spacial score (nSPS) is 10.2. The third-order valence-electron chi connectivity index (χ3n) is 2.58. The van der Waals surface area contributed by atoms with Gasteiger partial charge in [0.2, 0.25) is 0 Å². The van der Waals surface area contributed by atoms with Crippen molar-refractivity contribution in [2.75, 3.05) is 5.32 Å². The van der Waals surface area contributed by atoms with Gasteiger partial charge >= 0.3 is 0 Å². The fourth-order valence-corrected chi connectivity index (χ4v) is 2.17. The Hall–Kier alpha value is -1.82. The van der Waals surface area contributed by atoms with E-state index in [0.717, 1.165) is 6.07 Å². The van der Waals surface area contributed by atoms with E-state index in [1.165, 1.54) is 18.2 Å². The molecule has 0 aliphatic carbocycles. The van der Waals surface area contributed by atoms with Crippen LogP contribution in [-0.2, 0) is 0 Å². The summed E-state index contributed by atoms with van der Waals surface area (Å²) in [6, 6.07) is 8.31. The first-order valence-corrected chi connectivity index (χ1v) is 6.72. The number of rotatable bonds is 3. The monoisotopic (exact) mass is 344 g/mol. The SMILES string of the molecule is O=C(Nc1cc(Cl)ccc1Cl)c1ccc([N+](=O)[O-])c(Cl)c1. The van der Waals surface area contributed by atoms with E-state index in [4.69, 9.17) is 34.8 Å². The van der Waals surface area contributed by atoms with Gasteiger partial charge in [-0.25, -0.2) is 0 Å². The maximum Gasteiger partial charge on any atom is 0.287 e. The molecule has 0 spiro atoms. The third kappa shape index (κ3) is 3.64. The van der Waals surface area contributed by atoms with E-state index in [9.17, 15) is 14.9 Å². The molecule has 8 heteroatoms. The number of benzene rings is 2. The molecule has 0 saturated heterocycles. The van der Waals surface area contributed by atoms with E-state index in [2.05, 4.69) is 5.32 Å². The van der Waals surface area contributed by atoms with Gasteiger partial charge in [0.25, 0.3) is 11.6 Å². The second-order valence-electron chi connectivity index (χ2n) is 4.00. The Morgan fingerprint density at radius 2 is 1.76 bits per heavy atom. The first kappa shape index (κ1) is 15.6. The van der Waals surface area contributed by atoms with Crippen LogP contribution in [-0.4, -0.2) is 10.8 Å². The van der Waals surface area contributed by atoms with Crippen molar-refractivity contribution >= 4 is 52.1 Å². The molecule has 0 heterocycles. The fraction of sp³-hybridized carbons (Fsp3) is 0. The van der Waals surface area contributed by atoms with Crippen LogP contribution in [0.2, 0.25) is 15.1 Å². The lowest BCUT2D eigenvalue weighted by molar-refractivity contribution is -0.384. The predicted octanol–water partition coefficient (Wildman–Crippen LogP) is 4.81. The number of nitro groups is 1. The van der Waals surface area contributed by atoms with Gasteiger partial charge in [0.15, 0.2) is 0 Å². The van der Waals surface area contributed by atoms with Crippen LogP contribution in [0, 0.1) is 10.1 Å². The van der Waals surface area contributed by atoms with E-state index >= 15 is 0 Å². The smallest absolute Gasteiger partial charge is 0.287 e. The number of nitro benzene ring substituents is 1. The number of halogens is 3. The lowest BCUT2D eigenvalue weighted by Gasteiger charge is -2.08. The largest absolute Gasteiger partial charge is 0.321 e. The Morgan fingerprint density at radius 1 is 1.05 bits per heavy atom. The molecule has 0 bridgehead atoms. The van der Waals surface area contributed by atoms with Gasteiger partial charge in [-0.3, -0.25) is 14.9 Å². The molecular formula is C13H7Cl3N2O3. The first-order chi connectivity index (χ1) is 9.88. The highest BCUT2D eigenvalue weighted by molar-refractivity contribution is 6.36. The summed E-state index contributed by atoms with van der Waals surface area (Å²) in [7, 11) is 0. The Balaban J connectivity index is 2.26. The Bertz CT molecular complexity index is 735. The van der Waals surface area contributed by atoms with Crippen molar-refractivity contribution in [2.24, 2.45) is 0 Å². The van der Waals surface area contributed by atoms with Crippen LogP contribution >= 0.6 is 34.8 Å². The van der Waals surface area contributed by atoms with Crippen LogP contribution in [0.4, 0.5) is 11.4 Å². The van der Waals surface area contributed by atoms with Crippen molar-refractivity contribution in [1.29, 1.82) is 0 Å². The van der Waals surface area contributed by atoms with E-state index in [1.54, 1.807) is 12.1 Å². The summed E-state index contributed by atoms with van der Waals surface area (Å²) in [6.45, 7) is 0. The van der Waals surface area contributed by atoms with Gasteiger partial charge in [0, 0.05) is 16.7 Å². The molecule has 0 unspecified atom stereocenters. The Morgan fingerprint density at radius 3 is 2.38 bits per heavy atom. The number of carbonyl (C=O) groups excluding carboxylic acids is 1. The van der Waals surface area contributed by atoms with Gasteiger partial charge < -0.3 is 5.32 Å². The number of amides is 1. The molecule has 1 amide bonds. The van der Waals surface area contributed by atoms with Crippen molar-refractivity contribution in [2.45, 2.75) is 0 Å². The molecular weight excluding hydrogens is 339 g/mol. The molecule has 5 nitrogen and oxygen atoms in total. The Kier molecular flexibility index (Phi) is 4.67. The molecule has 0 atom stereocenters. The second kappa shape index (κ2) is 6.30. The van der Waals surface area contributed by atoms with Crippen LogP contribution < -0.4 is 5.32 Å². The topological polar surface area (TPSA) is 72.2 Å². The van der Waals surface area contributed by atoms with Gasteiger partial charge in [0.1, 0.15) is 5.02 Å². The van der Waals surface area contributed by atoms with E-state index in [0.29, 0.717) is 15.7 Å². The van der Waals surface area contributed by atoms with E-state index in [1.807, 2.05) is 0 Å². The molecule has 0 aromatic heterocycles. The van der Waals surface area contributed by atoms with E-state index < -0.39 is 10.8 Å². The number of nitrogens with zero attached hydrogens (tertiary/aromatic N) is 1. The molecule has 2 aromatic carbocycles. The minimum atomic E-state index is -0.627. The minimum Gasteiger partial charge on any atom is -0.321 e.